The third-order valence-electron chi connectivity index (χ3n) is 2.84. The molecule has 0 aliphatic carbocycles. The van der Waals surface area contributed by atoms with E-state index in [9.17, 15) is 0 Å². The van der Waals surface area contributed by atoms with Gasteiger partial charge in [0, 0.05) is 28.2 Å². The standard InChI is InChI=1S/C12H15BrClNO/c1-8(15-10-4-5-16-7-10)11-3-2-9(13)6-12(11)14/h2-3,6,8,10,15H,4-5,7H2,1H3. The minimum absolute atomic E-state index is 0.257. The fraction of sp³-hybridized carbons (Fsp3) is 0.500. The molecule has 0 saturated carbocycles. The molecule has 0 radical (unpaired) electrons. The highest BCUT2D eigenvalue weighted by atomic mass is 79.9. The largest absolute Gasteiger partial charge is 0.380 e. The van der Waals surface area contributed by atoms with E-state index in [-0.39, 0.29) is 6.04 Å². The molecule has 1 N–H and O–H groups in total. The molecule has 2 unspecified atom stereocenters. The average Bonchev–Trinajstić information content (AvgIpc) is 2.70. The summed E-state index contributed by atoms with van der Waals surface area (Å²) >= 11 is 9.62. The van der Waals surface area contributed by atoms with Crippen LogP contribution in [0, 0.1) is 0 Å². The molecule has 88 valence electrons. The summed E-state index contributed by atoms with van der Waals surface area (Å²) in [5, 5.41) is 4.33. The SMILES string of the molecule is CC(NC1CCOC1)c1ccc(Br)cc1Cl. The molecule has 2 rings (SSSR count). The maximum absolute atomic E-state index is 6.21. The van der Waals surface area contributed by atoms with Gasteiger partial charge in [0.25, 0.3) is 0 Å². The molecule has 2 atom stereocenters. The Balaban J connectivity index is 2.04. The van der Waals surface area contributed by atoms with E-state index in [1.54, 1.807) is 0 Å². The third-order valence-corrected chi connectivity index (χ3v) is 3.66. The molecule has 0 amide bonds. The van der Waals surface area contributed by atoms with Crippen LogP contribution in [-0.4, -0.2) is 19.3 Å². The van der Waals surface area contributed by atoms with E-state index in [0.29, 0.717) is 6.04 Å². The summed E-state index contributed by atoms with van der Waals surface area (Å²) in [7, 11) is 0. The zero-order valence-corrected chi connectivity index (χ0v) is 11.5. The van der Waals surface area contributed by atoms with Crippen molar-refractivity contribution in [1.29, 1.82) is 0 Å². The van der Waals surface area contributed by atoms with Gasteiger partial charge in [-0.2, -0.15) is 0 Å². The molecule has 16 heavy (non-hydrogen) atoms. The Hall–Kier alpha value is -0.0900. The van der Waals surface area contributed by atoms with Crippen molar-refractivity contribution in [2.45, 2.75) is 25.4 Å². The molecule has 1 aromatic rings. The van der Waals surface area contributed by atoms with Crippen LogP contribution in [0.25, 0.3) is 0 Å². The van der Waals surface area contributed by atoms with Crippen molar-refractivity contribution in [2.24, 2.45) is 0 Å². The minimum Gasteiger partial charge on any atom is -0.380 e. The Kier molecular flexibility index (Phi) is 4.25. The van der Waals surface area contributed by atoms with Crippen molar-refractivity contribution in [1.82, 2.24) is 5.32 Å². The number of ether oxygens (including phenoxy) is 1. The van der Waals surface area contributed by atoms with Crippen LogP contribution in [0.4, 0.5) is 0 Å². The number of rotatable bonds is 3. The highest BCUT2D eigenvalue weighted by molar-refractivity contribution is 9.10. The second-order valence-electron chi connectivity index (χ2n) is 4.11. The van der Waals surface area contributed by atoms with Crippen molar-refractivity contribution in [3.05, 3.63) is 33.3 Å². The molecule has 1 fully saturated rings. The van der Waals surface area contributed by atoms with Crippen LogP contribution in [-0.2, 0) is 4.74 Å². The van der Waals surface area contributed by atoms with Gasteiger partial charge in [0.05, 0.1) is 6.61 Å². The lowest BCUT2D eigenvalue weighted by molar-refractivity contribution is 0.188. The van der Waals surface area contributed by atoms with Gasteiger partial charge in [-0.25, -0.2) is 0 Å². The predicted molar refractivity (Wildman–Crippen MR) is 69.9 cm³/mol. The predicted octanol–water partition coefficient (Wildman–Crippen LogP) is 3.54. The van der Waals surface area contributed by atoms with Crippen LogP contribution in [0.15, 0.2) is 22.7 Å². The van der Waals surface area contributed by atoms with Gasteiger partial charge in [-0.05, 0) is 31.0 Å². The summed E-state index contributed by atoms with van der Waals surface area (Å²) in [5.41, 5.74) is 1.14. The molecule has 1 aromatic carbocycles. The molecule has 1 saturated heterocycles. The van der Waals surface area contributed by atoms with Crippen molar-refractivity contribution < 1.29 is 4.74 Å². The van der Waals surface area contributed by atoms with Gasteiger partial charge in [0.1, 0.15) is 0 Å². The van der Waals surface area contributed by atoms with Gasteiger partial charge in [-0.3, -0.25) is 0 Å². The molecule has 0 aromatic heterocycles. The first-order valence-electron chi connectivity index (χ1n) is 5.45. The van der Waals surface area contributed by atoms with Crippen LogP contribution in [0.3, 0.4) is 0 Å². The molecule has 1 heterocycles. The summed E-state index contributed by atoms with van der Waals surface area (Å²) in [4.78, 5) is 0. The van der Waals surface area contributed by atoms with Crippen molar-refractivity contribution in [3.8, 4) is 0 Å². The molecular formula is C12H15BrClNO. The monoisotopic (exact) mass is 303 g/mol. The fourth-order valence-corrected chi connectivity index (χ4v) is 2.80. The Labute approximate surface area is 109 Å². The number of hydrogen-bond acceptors (Lipinski definition) is 2. The first kappa shape index (κ1) is 12.4. The highest BCUT2D eigenvalue weighted by Gasteiger charge is 2.19. The smallest absolute Gasteiger partial charge is 0.0620 e. The highest BCUT2D eigenvalue weighted by Crippen LogP contribution is 2.27. The lowest BCUT2D eigenvalue weighted by atomic mass is 10.1. The Morgan fingerprint density at radius 3 is 3.00 bits per heavy atom. The number of hydrogen-bond donors (Lipinski definition) is 1. The van der Waals surface area contributed by atoms with Gasteiger partial charge >= 0.3 is 0 Å². The van der Waals surface area contributed by atoms with Crippen molar-refractivity contribution >= 4 is 27.5 Å². The Bertz CT molecular complexity index is 366. The molecule has 2 nitrogen and oxygen atoms in total. The topological polar surface area (TPSA) is 21.3 Å². The number of halogens is 2. The Morgan fingerprint density at radius 2 is 2.38 bits per heavy atom. The summed E-state index contributed by atoms with van der Waals surface area (Å²) < 4.78 is 6.35. The third kappa shape index (κ3) is 2.98. The summed E-state index contributed by atoms with van der Waals surface area (Å²) in [5.74, 6) is 0. The van der Waals surface area contributed by atoms with E-state index in [1.807, 2.05) is 12.1 Å². The summed E-state index contributed by atoms with van der Waals surface area (Å²) in [6.07, 6.45) is 1.08. The molecule has 4 heteroatoms. The number of benzene rings is 1. The second-order valence-corrected chi connectivity index (χ2v) is 5.44. The van der Waals surface area contributed by atoms with Crippen LogP contribution < -0.4 is 5.32 Å². The van der Waals surface area contributed by atoms with Gasteiger partial charge in [-0.15, -0.1) is 0 Å². The summed E-state index contributed by atoms with van der Waals surface area (Å²) in [6, 6.07) is 6.71. The minimum atomic E-state index is 0.257. The van der Waals surface area contributed by atoms with E-state index < -0.39 is 0 Å². The van der Waals surface area contributed by atoms with Crippen molar-refractivity contribution in [2.75, 3.05) is 13.2 Å². The van der Waals surface area contributed by atoms with E-state index >= 15 is 0 Å². The maximum atomic E-state index is 6.21. The molecule has 0 spiro atoms. The van der Waals surface area contributed by atoms with Gasteiger partial charge in [0.2, 0.25) is 0 Å². The molecule has 1 aliphatic rings. The average molecular weight is 305 g/mol. The number of nitrogens with one attached hydrogen (secondary N) is 1. The van der Waals surface area contributed by atoms with E-state index in [0.717, 1.165) is 34.7 Å². The van der Waals surface area contributed by atoms with Crippen LogP contribution in [0.2, 0.25) is 5.02 Å². The van der Waals surface area contributed by atoms with Crippen molar-refractivity contribution in [3.63, 3.8) is 0 Å². The maximum Gasteiger partial charge on any atom is 0.0620 e. The summed E-state index contributed by atoms with van der Waals surface area (Å²) in [6.45, 7) is 3.80. The first-order chi connectivity index (χ1) is 7.66. The van der Waals surface area contributed by atoms with E-state index in [4.69, 9.17) is 16.3 Å². The first-order valence-corrected chi connectivity index (χ1v) is 6.62. The fourth-order valence-electron chi connectivity index (χ4n) is 1.96. The zero-order chi connectivity index (χ0) is 11.5. The molecule has 0 bridgehead atoms. The van der Waals surface area contributed by atoms with Crippen LogP contribution in [0.1, 0.15) is 24.9 Å². The van der Waals surface area contributed by atoms with Gasteiger partial charge in [0.15, 0.2) is 0 Å². The lowest BCUT2D eigenvalue weighted by Crippen LogP contribution is -2.31. The molecule has 1 aliphatic heterocycles. The Morgan fingerprint density at radius 1 is 1.56 bits per heavy atom. The zero-order valence-electron chi connectivity index (χ0n) is 9.17. The van der Waals surface area contributed by atoms with Gasteiger partial charge in [-0.1, -0.05) is 33.6 Å². The van der Waals surface area contributed by atoms with E-state index in [2.05, 4.69) is 34.2 Å². The van der Waals surface area contributed by atoms with E-state index in [1.165, 1.54) is 0 Å². The second kappa shape index (κ2) is 5.50. The lowest BCUT2D eigenvalue weighted by Gasteiger charge is -2.19. The molecular weight excluding hydrogens is 289 g/mol. The normalized spacial score (nSPS) is 22.3. The van der Waals surface area contributed by atoms with Crippen LogP contribution in [0.5, 0.6) is 0 Å². The quantitative estimate of drug-likeness (QED) is 0.922. The van der Waals surface area contributed by atoms with Crippen LogP contribution >= 0.6 is 27.5 Å². The van der Waals surface area contributed by atoms with Gasteiger partial charge < -0.3 is 10.1 Å².